The quantitative estimate of drug-likeness (QED) is 0.790. The molecule has 0 unspecified atom stereocenters. The van der Waals surface area contributed by atoms with Crippen molar-refractivity contribution in [2.24, 2.45) is 0 Å². The molecule has 3 N–H and O–H groups in total. The average Bonchev–Trinajstić information content (AvgIpc) is 2.47. The van der Waals surface area contributed by atoms with Gasteiger partial charge in [0.1, 0.15) is 17.3 Å². The van der Waals surface area contributed by atoms with Crippen molar-refractivity contribution in [3.8, 4) is 11.5 Å². The highest BCUT2D eigenvalue weighted by atomic mass is 16.5. The van der Waals surface area contributed by atoms with Gasteiger partial charge in [0.05, 0.1) is 12.7 Å². The number of carbonyl (C=O) groups is 2. The number of hydrogen-bond acceptors (Lipinski definition) is 5. The van der Waals surface area contributed by atoms with E-state index in [4.69, 9.17) is 9.84 Å². The van der Waals surface area contributed by atoms with Crippen LogP contribution in [0.5, 0.6) is 11.5 Å². The van der Waals surface area contributed by atoms with Crippen LogP contribution in [0.25, 0.3) is 0 Å². The molecule has 1 heterocycles. The first-order chi connectivity index (χ1) is 10.0. The Labute approximate surface area is 119 Å². The predicted octanol–water partition coefficient (Wildman–Crippen LogP) is 1.75. The van der Waals surface area contributed by atoms with Crippen LogP contribution in [0.2, 0.25) is 0 Å². The molecule has 0 radical (unpaired) electrons. The number of anilines is 1. The fourth-order valence-electron chi connectivity index (χ4n) is 1.64. The van der Waals surface area contributed by atoms with E-state index in [1.54, 1.807) is 0 Å². The van der Waals surface area contributed by atoms with Gasteiger partial charge in [-0.1, -0.05) is 6.07 Å². The van der Waals surface area contributed by atoms with Gasteiger partial charge in [0, 0.05) is 6.07 Å². The van der Waals surface area contributed by atoms with Gasteiger partial charge in [0.25, 0.3) is 5.91 Å². The number of ether oxygens (including phenoxy) is 1. The van der Waals surface area contributed by atoms with Gasteiger partial charge < -0.3 is 20.3 Å². The molecule has 2 rings (SSSR count). The lowest BCUT2D eigenvalue weighted by Crippen LogP contribution is -2.14. The number of carboxylic acid groups (broad SMARTS) is 1. The summed E-state index contributed by atoms with van der Waals surface area (Å²) in [5, 5.41) is 21.0. The number of phenolic OH excluding ortho intramolecular Hbond substituents is 1. The van der Waals surface area contributed by atoms with Crippen LogP contribution in [-0.2, 0) is 0 Å². The lowest BCUT2D eigenvalue weighted by Gasteiger charge is -2.08. The summed E-state index contributed by atoms with van der Waals surface area (Å²) in [5.74, 6) is -1.56. The fourth-order valence-corrected chi connectivity index (χ4v) is 1.64. The van der Waals surface area contributed by atoms with Crippen LogP contribution in [0, 0.1) is 0 Å². The van der Waals surface area contributed by atoms with Gasteiger partial charge in [0.2, 0.25) is 0 Å². The Morgan fingerprint density at radius 3 is 2.62 bits per heavy atom. The first-order valence-corrected chi connectivity index (χ1v) is 5.90. The number of nitrogens with one attached hydrogen (secondary N) is 1. The lowest BCUT2D eigenvalue weighted by molar-refractivity contribution is 0.0690. The molecule has 2 aromatic rings. The molecule has 108 valence electrons. The largest absolute Gasteiger partial charge is 0.507 e. The second-order valence-electron chi connectivity index (χ2n) is 4.05. The van der Waals surface area contributed by atoms with Crippen LogP contribution in [0.3, 0.4) is 0 Å². The van der Waals surface area contributed by atoms with Gasteiger partial charge in [-0.25, -0.2) is 9.78 Å². The van der Waals surface area contributed by atoms with Gasteiger partial charge in [-0.15, -0.1) is 0 Å². The van der Waals surface area contributed by atoms with Crippen LogP contribution >= 0.6 is 0 Å². The molecule has 1 aromatic heterocycles. The van der Waals surface area contributed by atoms with E-state index in [-0.39, 0.29) is 22.8 Å². The van der Waals surface area contributed by atoms with E-state index < -0.39 is 11.9 Å². The zero-order chi connectivity index (χ0) is 15.4. The zero-order valence-corrected chi connectivity index (χ0v) is 11.0. The molecule has 0 saturated carbocycles. The molecular weight excluding hydrogens is 276 g/mol. The minimum Gasteiger partial charge on any atom is -0.507 e. The Kier molecular flexibility index (Phi) is 4.03. The third-order valence-corrected chi connectivity index (χ3v) is 2.66. The average molecular weight is 288 g/mol. The molecule has 0 fully saturated rings. The van der Waals surface area contributed by atoms with E-state index >= 15 is 0 Å². The summed E-state index contributed by atoms with van der Waals surface area (Å²) in [6.45, 7) is 0. The minimum atomic E-state index is -1.20. The SMILES string of the molecule is COc1ccc(C(=O)Nc2cccc(C(=O)O)n2)c(O)c1. The molecule has 1 amide bonds. The van der Waals surface area contributed by atoms with Crippen molar-refractivity contribution in [3.63, 3.8) is 0 Å². The van der Waals surface area contributed by atoms with Gasteiger partial charge in [-0.3, -0.25) is 4.79 Å². The zero-order valence-electron chi connectivity index (χ0n) is 11.0. The van der Waals surface area contributed by atoms with E-state index in [0.717, 1.165) is 0 Å². The molecule has 7 nitrogen and oxygen atoms in total. The molecule has 0 saturated heterocycles. The van der Waals surface area contributed by atoms with E-state index in [9.17, 15) is 14.7 Å². The Hall–Kier alpha value is -3.09. The summed E-state index contributed by atoms with van der Waals surface area (Å²) in [4.78, 5) is 26.6. The predicted molar refractivity (Wildman–Crippen MR) is 73.8 cm³/mol. The molecule has 0 bridgehead atoms. The molecule has 0 aliphatic rings. The summed E-state index contributed by atoms with van der Waals surface area (Å²) in [7, 11) is 1.44. The number of nitrogens with zero attached hydrogens (tertiary/aromatic N) is 1. The maximum absolute atomic E-state index is 12.0. The first-order valence-electron chi connectivity index (χ1n) is 5.90. The van der Waals surface area contributed by atoms with Crippen LogP contribution in [0.4, 0.5) is 5.82 Å². The van der Waals surface area contributed by atoms with Crippen molar-refractivity contribution in [2.45, 2.75) is 0 Å². The van der Waals surface area contributed by atoms with E-state index in [0.29, 0.717) is 5.75 Å². The number of benzene rings is 1. The Morgan fingerprint density at radius 1 is 1.24 bits per heavy atom. The lowest BCUT2D eigenvalue weighted by atomic mass is 10.2. The monoisotopic (exact) mass is 288 g/mol. The number of phenols is 1. The third-order valence-electron chi connectivity index (χ3n) is 2.66. The number of aromatic nitrogens is 1. The van der Waals surface area contributed by atoms with Crippen molar-refractivity contribution in [2.75, 3.05) is 12.4 Å². The number of carbonyl (C=O) groups excluding carboxylic acids is 1. The van der Waals surface area contributed by atoms with Crippen molar-refractivity contribution in [1.82, 2.24) is 4.98 Å². The molecule has 0 aliphatic carbocycles. The standard InChI is InChI=1S/C14H12N2O5/c1-21-8-5-6-9(11(17)7-8)13(18)16-12-4-2-3-10(15-12)14(19)20/h2-7,17H,1H3,(H,19,20)(H,15,16,18). The summed E-state index contributed by atoms with van der Waals surface area (Å²) in [6.07, 6.45) is 0. The van der Waals surface area contributed by atoms with Crippen LogP contribution in [0.15, 0.2) is 36.4 Å². The number of pyridine rings is 1. The molecule has 0 atom stereocenters. The van der Waals surface area contributed by atoms with Gasteiger partial charge >= 0.3 is 5.97 Å². The highest BCUT2D eigenvalue weighted by Crippen LogP contribution is 2.24. The number of aromatic hydroxyl groups is 1. The van der Waals surface area contributed by atoms with E-state index in [1.807, 2.05) is 0 Å². The maximum Gasteiger partial charge on any atom is 0.354 e. The fraction of sp³-hybridized carbons (Fsp3) is 0.0714. The number of aromatic carboxylic acids is 1. The topological polar surface area (TPSA) is 109 Å². The molecule has 1 aromatic carbocycles. The Bertz CT molecular complexity index is 700. The van der Waals surface area contributed by atoms with Gasteiger partial charge in [0.15, 0.2) is 5.69 Å². The number of rotatable bonds is 4. The highest BCUT2D eigenvalue weighted by Gasteiger charge is 2.13. The maximum atomic E-state index is 12.0. The molecule has 0 aliphatic heterocycles. The molecule has 0 spiro atoms. The molecule has 21 heavy (non-hydrogen) atoms. The smallest absolute Gasteiger partial charge is 0.354 e. The van der Waals surface area contributed by atoms with Crippen LogP contribution in [-0.4, -0.2) is 34.2 Å². The minimum absolute atomic E-state index is 0.0262. The highest BCUT2D eigenvalue weighted by molar-refractivity contribution is 6.05. The van der Waals surface area contributed by atoms with E-state index in [2.05, 4.69) is 10.3 Å². The van der Waals surface area contributed by atoms with Gasteiger partial charge in [-0.05, 0) is 24.3 Å². The number of carboxylic acids is 1. The molecular formula is C14H12N2O5. The van der Waals surface area contributed by atoms with Crippen LogP contribution in [0.1, 0.15) is 20.8 Å². The second kappa shape index (κ2) is 5.91. The van der Waals surface area contributed by atoms with Crippen molar-refractivity contribution in [1.29, 1.82) is 0 Å². The normalized spacial score (nSPS) is 9.95. The van der Waals surface area contributed by atoms with Crippen molar-refractivity contribution < 1.29 is 24.5 Å². The van der Waals surface area contributed by atoms with Crippen molar-refractivity contribution in [3.05, 3.63) is 47.7 Å². The van der Waals surface area contributed by atoms with Crippen LogP contribution < -0.4 is 10.1 Å². The second-order valence-corrected chi connectivity index (χ2v) is 4.05. The summed E-state index contributed by atoms with van der Waals surface area (Å²) in [5.41, 5.74) is -0.162. The van der Waals surface area contributed by atoms with Crippen molar-refractivity contribution >= 4 is 17.7 Å². The Morgan fingerprint density at radius 2 is 2.00 bits per heavy atom. The summed E-state index contributed by atoms with van der Waals surface area (Å²) >= 11 is 0. The molecule has 7 heteroatoms. The number of amides is 1. The third kappa shape index (κ3) is 3.27. The van der Waals surface area contributed by atoms with E-state index in [1.165, 1.54) is 43.5 Å². The summed E-state index contributed by atoms with van der Waals surface area (Å²) in [6, 6.07) is 8.43. The number of hydrogen-bond donors (Lipinski definition) is 3. The van der Waals surface area contributed by atoms with Gasteiger partial charge in [-0.2, -0.15) is 0 Å². The number of methoxy groups -OCH3 is 1. The first kappa shape index (κ1) is 14.3. The Balaban J connectivity index is 2.22. The summed E-state index contributed by atoms with van der Waals surface area (Å²) < 4.78 is 4.92.